The molecule has 152 valence electrons. The van der Waals surface area contributed by atoms with E-state index < -0.39 is 10.9 Å². The van der Waals surface area contributed by atoms with Crippen molar-refractivity contribution in [1.29, 1.82) is 0 Å². The van der Waals surface area contributed by atoms with Gasteiger partial charge in [0.25, 0.3) is 5.69 Å². The number of nitrogens with zero attached hydrogens (tertiary/aromatic N) is 1. The van der Waals surface area contributed by atoms with Gasteiger partial charge in [-0.2, -0.15) is 0 Å². The number of nitro groups is 1. The maximum Gasteiger partial charge on any atom is 0.343 e. The summed E-state index contributed by atoms with van der Waals surface area (Å²) in [6.07, 6.45) is 1.14. The molecule has 7 nitrogen and oxygen atoms in total. The summed E-state index contributed by atoms with van der Waals surface area (Å²) in [5.41, 5.74) is 1.03. The van der Waals surface area contributed by atoms with Crippen LogP contribution in [0.5, 0.6) is 11.5 Å². The number of ether oxygens (including phenoxy) is 2. The van der Waals surface area contributed by atoms with Crippen LogP contribution in [0.25, 0.3) is 0 Å². The van der Waals surface area contributed by atoms with Crippen molar-refractivity contribution in [3.8, 4) is 11.5 Å². The van der Waals surface area contributed by atoms with E-state index in [2.05, 4.69) is 15.9 Å². The van der Waals surface area contributed by atoms with Gasteiger partial charge in [-0.05, 0) is 45.8 Å². The van der Waals surface area contributed by atoms with E-state index >= 15 is 0 Å². The summed E-state index contributed by atoms with van der Waals surface area (Å²) < 4.78 is 11.6. The summed E-state index contributed by atoms with van der Waals surface area (Å²) in [6, 6.07) is 18.1. The second-order valence-electron chi connectivity index (χ2n) is 6.22. The largest absolute Gasteiger partial charge is 0.492 e. The Morgan fingerprint density at radius 2 is 1.77 bits per heavy atom. The monoisotopic (exact) mass is 469 g/mol. The summed E-state index contributed by atoms with van der Waals surface area (Å²) in [5.74, 6) is -0.185. The molecule has 0 bridgehead atoms. The van der Waals surface area contributed by atoms with Gasteiger partial charge in [-0.3, -0.25) is 14.9 Å². The molecular weight excluding hydrogens is 454 g/mol. The first-order valence-corrected chi connectivity index (χ1v) is 9.69. The fourth-order valence-corrected chi connectivity index (χ4v) is 3.15. The van der Waals surface area contributed by atoms with Crippen LogP contribution in [0.3, 0.4) is 0 Å². The normalized spacial score (nSPS) is 10.3. The Balaban J connectivity index is 1.66. The second-order valence-corrected chi connectivity index (χ2v) is 7.07. The minimum absolute atomic E-state index is 0.0556. The third kappa shape index (κ3) is 5.30. The van der Waals surface area contributed by atoms with Crippen molar-refractivity contribution in [3.63, 3.8) is 0 Å². The first kappa shape index (κ1) is 21.2. The van der Waals surface area contributed by atoms with E-state index in [4.69, 9.17) is 9.47 Å². The summed E-state index contributed by atoms with van der Waals surface area (Å²) in [4.78, 5) is 33.8. The quantitative estimate of drug-likeness (QED) is 0.151. The van der Waals surface area contributed by atoms with E-state index in [9.17, 15) is 19.7 Å². The van der Waals surface area contributed by atoms with Crippen LogP contribution in [-0.2, 0) is 6.42 Å². The minimum atomic E-state index is -0.705. The molecule has 0 saturated carbocycles. The number of rotatable bonds is 8. The van der Waals surface area contributed by atoms with Crippen LogP contribution < -0.4 is 9.47 Å². The Bertz CT molecular complexity index is 1080. The number of esters is 1. The predicted octanol–water partition coefficient (Wildman–Crippen LogP) is 5.01. The van der Waals surface area contributed by atoms with Crippen molar-refractivity contribution < 1.29 is 24.0 Å². The molecule has 3 aromatic rings. The van der Waals surface area contributed by atoms with E-state index in [1.165, 1.54) is 12.1 Å². The van der Waals surface area contributed by atoms with Gasteiger partial charge < -0.3 is 9.47 Å². The highest BCUT2D eigenvalue weighted by Crippen LogP contribution is 2.28. The molecule has 8 heteroatoms. The predicted molar refractivity (Wildman–Crippen MR) is 113 cm³/mol. The molecule has 0 aliphatic rings. The smallest absolute Gasteiger partial charge is 0.343 e. The van der Waals surface area contributed by atoms with E-state index in [0.717, 1.165) is 24.1 Å². The third-order valence-corrected chi connectivity index (χ3v) is 4.81. The Morgan fingerprint density at radius 1 is 1.03 bits per heavy atom. The molecule has 0 fully saturated rings. The molecular formula is C22H16BrNO6. The summed E-state index contributed by atoms with van der Waals surface area (Å²) in [5, 5.41) is 10.8. The van der Waals surface area contributed by atoms with Crippen LogP contribution in [0.4, 0.5) is 5.69 Å². The molecule has 3 aromatic carbocycles. The number of hydrogen-bond acceptors (Lipinski definition) is 6. The summed E-state index contributed by atoms with van der Waals surface area (Å²) in [6.45, 7) is 0.470. The number of non-ortho nitro benzene ring substituents is 1. The molecule has 0 heterocycles. The number of nitro benzene ring substituents is 1. The highest BCUT2D eigenvalue weighted by atomic mass is 79.9. The number of carbonyl (C=O) groups is 2. The van der Waals surface area contributed by atoms with E-state index in [1.54, 1.807) is 12.1 Å². The maximum absolute atomic E-state index is 12.4. The summed E-state index contributed by atoms with van der Waals surface area (Å²) >= 11 is 3.38. The lowest BCUT2D eigenvalue weighted by Crippen LogP contribution is -2.10. The third-order valence-electron chi connectivity index (χ3n) is 4.19. The molecule has 30 heavy (non-hydrogen) atoms. The van der Waals surface area contributed by atoms with E-state index in [1.807, 2.05) is 30.3 Å². The zero-order valence-electron chi connectivity index (χ0n) is 15.6. The highest BCUT2D eigenvalue weighted by molar-refractivity contribution is 9.10. The van der Waals surface area contributed by atoms with Crippen LogP contribution >= 0.6 is 15.9 Å². The fourth-order valence-electron chi connectivity index (χ4n) is 2.66. The summed E-state index contributed by atoms with van der Waals surface area (Å²) in [7, 11) is 0. The van der Waals surface area contributed by atoms with Crippen LogP contribution in [-0.4, -0.2) is 23.8 Å². The first-order chi connectivity index (χ1) is 14.5. The maximum atomic E-state index is 12.4. The van der Waals surface area contributed by atoms with Gasteiger partial charge in [0.1, 0.15) is 11.5 Å². The molecule has 0 N–H and O–H groups in total. The molecule has 0 atom stereocenters. The Hall–Kier alpha value is -3.52. The SMILES string of the molecule is O=Cc1cc([N+](=O)[O-])ccc1OC(=O)c1ccc(OCCc2ccccc2)c(Br)c1. The van der Waals surface area contributed by atoms with E-state index in [-0.39, 0.29) is 22.6 Å². The number of halogens is 1. The van der Waals surface area contributed by atoms with Crippen molar-refractivity contribution in [1.82, 2.24) is 0 Å². The van der Waals surface area contributed by atoms with Crippen molar-refractivity contribution in [2.45, 2.75) is 6.42 Å². The lowest BCUT2D eigenvalue weighted by molar-refractivity contribution is -0.384. The van der Waals surface area contributed by atoms with Crippen LogP contribution in [0.2, 0.25) is 0 Å². The fraction of sp³-hybridized carbons (Fsp3) is 0.0909. The Kier molecular flexibility index (Phi) is 6.92. The van der Waals surface area contributed by atoms with Gasteiger partial charge in [0.05, 0.1) is 27.1 Å². The molecule has 0 aromatic heterocycles. The molecule has 3 rings (SSSR count). The molecule has 0 aliphatic carbocycles. The molecule has 0 aliphatic heterocycles. The molecule has 0 saturated heterocycles. The lowest BCUT2D eigenvalue weighted by Gasteiger charge is -2.10. The van der Waals surface area contributed by atoms with Gasteiger partial charge in [-0.15, -0.1) is 0 Å². The van der Waals surface area contributed by atoms with Gasteiger partial charge in [-0.1, -0.05) is 30.3 Å². The number of hydrogen-bond donors (Lipinski definition) is 0. The van der Waals surface area contributed by atoms with Gasteiger partial charge in [0, 0.05) is 18.6 Å². The van der Waals surface area contributed by atoms with Gasteiger partial charge in [0.15, 0.2) is 6.29 Å². The van der Waals surface area contributed by atoms with Crippen LogP contribution in [0, 0.1) is 10.1 Å². The highest BCUT2D eigenvalue weighted by Gasteiger charge is 2.16. The van der Waals surface area contributed by atoms with Crippen LogP contribution in [0.15, 0.2) is 71.2 Å². The van der Waals surface area contributed by atoms with Crippen molar-refractivity contribution in [2.24, 2.45) is 0 Å². The minimum Gasteiger partial charge on any atom is -0.492 e. The molecule has 0 unspecified atom stereocenters. The van der Waals surface area contributed by atoms with Gasteiger partial charge in [0.2, 0.25) is 0 Å². The number of carbonyl (C=O) groups excluding carboxylic acids is 2. The van der Waals surface area contributed by atoms with Gasteiger partial charge in [-0.25, -0.2) is 4.79 Å². The molecule has 0 spiro atoms. The van der Waals surface area contributed by atoms with Crippen molar-refractivity contribution in [2.75, 3.05) is 6.61 Å². The first-order valence-electron chi connectivity index (χ1n) is 8.90. The van der Waals surface area contributed by atoms with Gasteiger partial charge >= 0.3 is 5.97 Å². The topological polar surface area (TPSA) is 95.7 Å². The average molecular weight is 470 g/mol. The average Bonchev–Trinajstić information content (AvgIpc) is 2.75. The number of benzene rings is 3. The Labute approximate surface area is 180 Å². The number of aldehydes is 1. The van der Waals surface area contributed by atoms with Crippen LogP contribution in [0.1, 0.15) is 26.3 Å². The standard InChI is InChI=1S/C22H16BrNO6/c23-19-13-16(6-8-21(19)29-11-10-15-4-2-1-3-5-15)22(26)30-20-9-7-18(24(27)28)12-17(20)14-25/h1-9,12-14H,10-11H2. The van der Waals surface area contributed by atoms with Crippen molar-refractivity contribution >= 4 is 33.9 Å². The van der Waals surface area contributed by atoms with Crippen molar-refractivity contribution in [3.05, 3.63) is 98.0 Å². The zero-order chi connectivity index (χ0) is 21.5. The molecule has 0 amide bonds. The van der Waals surface area contributed by atoms with E-state index in [0.29, 0.717) is 23.1 Å². The lowest BCUT2D eigenvalue weighted by atomic mass is 10.2. The zero-order valence-corrected chi connectivity index (χ0v) is 17.2. The second kappa shape index (κ2) is 9.80. The Morgan fingerprint density at radius 3 is 2.43 bits per heavy atom. The molecule has 0 radical (unpaired) electrons.